The van der Waals surface area contributed by atoms with Crippen LogP contribution in [0.5, 0.6) is 23.0 Å². The Bertz CT molecular complexity index is 3370. The lowest BCUT2D eigenvalue weighted by atomic mass is 9.85. The van der Waals surface area contributed by atoms with Crippen molar-refractivity contribution >= 4 is 81.0 Å². The summed E-state index contributed by atoms with van der Waals surface area (Å²) in [5.74, 6) is -1.50. The number of cyclic esters (lactones) is 1. The number of anilines is 3. The van der Waals surface area contributed by atoms with Crippen molar-refractivity contribution in [3.8, 4) is 23.0 Å². The number of aryl methyl sites for hydroxylation is 4. The number of hydrogen-bond acceptors (Lipinski definition) is 13. The molecule has 1 aliphatic heterocycles. The summed E-state index contributed by atoms with van der Waals surface area (Å²) >= 11 is 4.56. The van der Waals surface area contributed by atoms with E-state index in [0.717, 1.165) is 33.6 Å². The molecule has 3 N–H and O–H groups in total. The third-order valence-electron chi connectivity index (χ3n) is 12.8. The molecule has 1 aliphatic rings. The zero-order valence-electron chi connectivity index (χ0n) is 48.7. The number of imide groups is 1. The summed E-state index contributed by atoms with van der Waals surface area (Å²) in [6.07, 6.45) is -1.85. The van der Waals surface area contributed by atoms with E-state index in [9.17, 15) is 37.8 Å². The van der Waals surface area contributed by atoms with Gasteiger partial charge in [0.25, 0.3) is 17.7 Å². The van der Waals surface area contributed by atoms with Crippen LogP contribution in [0.1, 0.15) is 96.0 Å². The summed E-state index contributed by atoms with van der Waals surface area (Å²) in [4.78, 5) is 91.8. The Balaban J connectivity index is 0.000000342. The monoisotopic (exact) mass is 1170 g/mol. The predicted octanol–water partition coefficient (Wildman–Crippen LogP) is 12.4. The molecule has 7 rings (SSSR count). The normalized spacial score (nSPS) is 13.9. The van der Waals surface area contributed by atoms with Gasteiger partial charge in [0.2, 0.25) is 23.1 Å². The van der Waals surface area contributed by atoms with Gasteiger partial charge in [0.1, 0.15) is 29.6 Å². The maximum Gasteiger partial charge on any atom is 0.418 e. The van der Waals surface area contributed by atoms with E-state index in [1.54, 1.807) is 77.9 Å². The van der Waals surface area contributed by atoms with E-state index in [1.165, 1.54) is 50.2 Å². The standard InChI is InChI=1S/C44H45ClN2O8S.C20H26N2O5/c1-29-13-24-39(30(2)26-29)52-25-9-12-40(48)46-32-14-23-37(45)38(27-32)47-43(50)41(42(49)44(3,4)5)54-34-19-21-36(22-20-34)56(51)55-35-17-15-33(16-18-35)53-28-31-10-7-6-8-11-31;1-11-8-9-12(2)13(10-11)21-16(24)14(15(23)19(3,4)5)22-17(25)20(6,7)27-18(22)26/h6-8,10-11,13-24,26-27,41H,9,12,25,28H2,1-5H3,(H,46,48)(H,47,50);8-10,14H,1-7H3,(H,21,24). The SMILES string of the molecule is Cc1ccc(C)c(NC(=O)C(C(=O)C(C)(C)C)N2C(=O)OC(C)(C)C2=O)c1.Cc1ccc(OCCCC(=O)Nc2ccc(Cl)c(NC(=O)C(Oc3ccc(S(=O)Oc4ccc(OCc5ccccc5)cc4)cc3)C(=O)C(C)(C)C)c2)c(C)c1. The Morgan fingerprint density at radius 3 is 1.87 bits per heavy atom. The summed E-state index contributed by atoms with van der Waals surface area (Å²) in [7, 11) is 0. The molecule has 0 saturated carbocycles. The van der Waals surface area contributed by atoms with Crippen LogP contribution in [0.25, 0.3) is 0 Å². The molecule has 1 fully saturated rings. The van der Waals surface area contributed by atoms with E-state index in [0.29, 0.717) is 52.3 Å². The number of ketones is 2. The molecular weight excluding hydrogens is 1100 g/mol. The minimum atomic E-state index is -1.87. The molecule has 438 valence electrons. The maximum atomic E-state index is 13.6. The molecular formula is C64H71ClN4O13S. The van der Waals surface area contributed by atoms with Gasteiger partial charge in [-0.05, 0) is 149 Å². The molecule has 0 aromatic heterocycles. The van der Waals surface area contributed by atoms with E-state index in [2.05, 4.69) is 16.0 Å². The molecule has 5 amide bonds. The van der Waals surface area contributed by atoms with Gasteiger partial charge in [-0.2, -0.15) is 0 Å². The zero-order valence-corrected chi connectivity index (χ0v) is 50.3. The molecule has 3 unspecified atom stereocenters. The van der Waals surface area contributed by atoms with Gasteiger partial charge in [-0.15, -0.1) is 0 Å². The summed E-state index contributed by atoms with van der Waals surface area (Å²) in [5, 5.41) is 8.39. The van der Waals surface area contributed by atoms with E-state index >= 15 is 0 Å². The molecule has 6 aromatic rings. The topological polar surface area (TPSA) is 222 Å². The fraction of sp³-hybridized carbons (Fsp3) is 0.328. The minimum Gasteiger partial charge on any atom is -0.493 e. The van der Waals surface area contributed by atoms with Crippen LogP contribution in [0.3, 0.4) is 0 Å². The summed E-state index contributed by atoms with van der Waals surface area (Å²) in [6.45, 7) is 21.2. The van der Waals surface area contributed by atoms with Crippen molar-refractivity contribution in [3.63, 3.8) is 0 Å². The van der Waals surface area contributed by atoms with E-state index in [4.69, 9.17) is 34.7 Å². The molecule has 6 aromatic carbocycles. The Morgan fingerprint density at radius 2 is 1.25 bits per heavy atom. The first-order valence-corrected chi connectivity index (χ1v) is 28.2. The van der Waals surface area contributed by atoms with Crippen molar-refractivity contribution < 1.29 is 60.9 Å². The van der Waals surface area contributed by atoms with Crippen LogP contribution in [0.15, 0.2) is 138 Å². The Hall–Kier alpha value is -8.35. The van der Waals surface area contributed by atoms with Crippen LogP contribution < -0.4 is 34.3 Å². The maximum absolute atomic E-state index is 13.6. The number of hydrogen-bond donors (Lipinski definition) is 3. The Kier molecular flexibility index (Phi) is 21.2. The highest BCUT2D eigenvalue weighted by Crippen LogP contribution is 2.32. The fourth-order valence-corrected chi connectivity index (χ4v) is 9.00. The third kappa shape index (κ3) is 17.8. The first-order valence-electron chi connectivity index (χ1n) is 26.8. The highest BCUT2D eigenvalue weighted by atomic mass is 35.5. The summed E-state index contributed by atoms with van der Waals surface area (Å²) in [6, 6.07) is 37.1. The van der Waals surface area contributed by atoms with E-state index < -0.39 is 75.0 Å². The number of nitrogens with one attached hydrogen (secondary N) is 3. The van der Waals surface area contributed by atoms with Crippen molar-refractivity contribution in [2.45, 2.75) is 125 Å². The number of halogens is 1. The lowest BCUT2D eigenvalue weighted by Crippen LogP contribution is -2.55. The van der Waals surface area contributed by atoms with Gasteiger partial charge in [-0.1, -0.05) is 113 Å². The van der Waals surface area contributed by atoms with Crippen molar-refractivity contribution in [1.82, 2.24) is 4.90 Å². The second kappa shape index (κ2) is 27.6. The number of amides is 5. The average Bonchev–Trinajstić information content (AvgIpc) is 3.86. The van der Waals surface area contributed by atoms with E-state index in [-0.39, 0.29) is 28.8 Å². The number of nitrogens with zero attached hydrogens (tertiary/aromatic N) is 1. The number of rotatable bonds is 21. The molecule has 0 bridgehead atoms. The first-order chi connectivity index (χ1) is 39.0. The van der Waals surface area contributed by atoms with Crippen LogP contribution in [-0.4, -0.2) is 74.8 Å². The smallest absolute Gasteiger partial charge is 0.418 e. The molecule has 0 aliphatic carbocycles. The molecule has 1 heterocycles. The minimum absolute atomic E-state index is 0.182. The van der Waals surface area contributed by atoms with Gasteiger partial charge in [-0.3, -0.25) is 28.8 Å². The van der Waals surface area contributed by atoms with Crippen molar-refractivity contribution in [2.24, 2.45) is 10.8 Å². The van der Waals surface area contributed by atoms with Crippen molar-refractivity contribution in [3.05, 3.63) is 166 Å². The van der Waals surface area contributed by atoms with Crippen LogP contribution in [0.2, 0.25) is 5.02 Å². The van der Waals surface area contributed by atoms with Crippen molar-refractivity contribution in [1.29, 1.82) is 0 Å². The zero-order chi connectivity index (χ0) is 61.0. The van der Waals surface area contributed by atoms with Crippen molar-refractivity contribution in [2.75, 3.05) is 22.6 Å². The number of ether oxygens (including phenoxy) is 4. The molecule has 1 saturated heterocycles. The number of carbonyl (C=O) groups excluding carboxylic acids is 7. The molecule has 17 nitrogen and oxygen atoms in total. The number of benzene rings is 6. The molecule has 0 radical (unpaired) electrons. The average molecular weight is 1170 g/mol. The quantitative estimate of drug-likeness (QED) is 0.0451. The third-order valence-corrected chi connectivity index (χ3v) is 14.1. The van der Waals surface area contributed by atoms with Gasteiger partial charge < -0.3 is 39.1 Å². The largest absolute Gasteiger partial charge is 0.493 e. The molecule has 0 spiro atoms. The predicted molar refractivity (Wildman–Crippen MR) is 319 cm³/mol. The highest BCUT2D eigenvalue weighted by Gasteiger charge is 2.55. The molecule has 3 atom stereocenters. The van der Waals surface area contributed by atoms with Crippen LogP contribution in [0, 0.1) is 38.5 Å². The Labute approximate surface area is 492 Å². The van der Waals surface area contributed by atoms with Gasteiger partial charge in [0.05, 0.1) is 22.2 Å². The molecule has 83 heavy (non-hydrogen) atoms. The van der Waals surface area contributed by atoms with Crippen LogP contribution in [-0.2, 0) is 51.2 Å². The van der Waals surface area contributed by atoms with Crippen LogP contribution >= 0.6 is 11.6 Å². The van der Waals surface area contributed by atoms with Gasteiger partial charge in [-0.25, -0.2) is 13.9 Å². The second-order valence-electron chi connectivity index (χ2n) is 22.5. The number of carbonyl (C=O) groups is 7. The lowest BCUT2D eigenvalue weighted by molar-refractivity contribution is -0.145. The van der Waals surface area contributed by atoms with Gasteiger partial charge >= 0.3 is 6.09 Å². The summed E-state index contributed by atoms with van der Waals surface area (Å²) in [5.41, 5.74) is 2.73. The Morgan fingerprint density at radius 1 is 0.651 bits per heavy atom. The lowest BCUT2D eigenvalue weighted by Gasteiger charge is -2.28. The van der Waals surface area contributed by atoms with Gasteiger partial charge in [0, 0.05) is 28.6 Å². The first kappa shape index (κ1) is 63.8. The van der Waals surface area contributed by atoms with E-state index in [1.807, 2.05) is 88.4 Å². The fourth-order valence-electron chi connectivity index (χ4n) is 8.09. The number of Topliss-reactive ketones (excluding diaryl/α,β-unsaturated/α-hetero) is 2. The highest BCUT2D eigenvalue weighted by molar-refractivity contribution is 7.80. The van der Waals surface area contributed by atoms with Crippen LogP contribution in [0.4, 0.5) is 21.9 Å². The second-order valence-corrected chi connectivity index (χ2v) is 24.0. The summed E-state index contributed by atoms with van der Waals surface area (Å²) < 4.78 is 41.3. The molecule has 19 heteroatoms. The van der Waals surface area contributed by atoms with Gasteiger partial charge in [0.15, 0.2) is 23.2 Å².